The minimum absolute atomic E-state index is 0.0198. The second-order valence-corrected chi connectivity index (χ2v) is 9.31. The zero-order chi connectivity index (χ0) is 22.9. The van der Waals surface area contributed by atoms with E-state index in [1.807, 2.05) is 31.2 Å². The lowest BCUT2D eigenvalue weighted by Gasteiger charge is -2.30. The number of halogens is 2. The van der Waals surface area contributed by atoms with Gasteiger partial charge in [0.1, 0.15) is 11.6 Å². The molecule has 4 rings (SSSR count). The van der Waals surface area contributed by atoms with E-state index in [2.05, 4.69) is 34.4 Å². The van der Waals surface area contributed by atoms with Gasteiger partial charge in [-0.3, -0.25) is 4.79 Å². The van der Waals surface area contributed by atoms with E-state index in [1.54, 1.807) is 18.2 Å². The molecule has 1 aliphatic rings. The van der Waals surface area contributed by atoms with E-state index < -0.39 is 0 Å². The molecule has 8 heteroatoms. The number of hydrogen-bond acceptors (Lipinski definition) is 6. The molecule has 1 aromatic heterocycles. The topological polar surface area (TPSA) is 76.1 Å². The number of rotatable bonds is 6. The highest BCUT2D eigenvalue weighted by Gasteiger charge is 2.35. The van der Waals surface area contributed by atoms with Crippen LogP contribution in [0.15, 0.2) is 42.5 Å². The first-order valence-corrected chi connectivity index (χ1v) is 11.2. The van der Waals surface area contributed by atoms with Gasteiger partial charge in [-0.05, 0) is 61.2 Å². The Morgan fingerprint density at radius 3 is 2.38 bits per heavy atom. The highest BCUT2D eigenvalue weighted by Crippen LogP contribution is 2.38. The number of carbonyl (C=O) groups is 1. The Labute approximate surface area is 197 Å². The molecule has 32 heavy (non-hydrogen) atoms. The maximum absolute atomic E-state index is 13.0. The summed E-state index contributed by atoms with van der Waals surface area (Å²) >= 11 is 12.2. The zero-order valence-corrected chi connectivity index (χ0v) is 19.6. The molecule has 166 valence electrons. The van der Waals surface area contributed by atoms with Crippen LogP contribution in [0.5, 0.6) is 5.75 Å². The van der Waals surface area contributed by atoms with E-state index in [0.717, 1.165) is 17.1 Å². The lowest BCUT2D eigenvalue weighted by molar-refractivity contribution is 0.0911. The molecule has 0 spiro atoms. The minimum Gasteiger partial charge on any atom is -0.494 e. The van der Waals surface area contributed by atoms with Crippen molar-refractivity contribution >= 4 is 52.1 Å². The first-order chi connectivity index (χ1) is 15.2. The Morgan fingerprint density at radius 2 is 1.69 bits per heavy atom. The van der Waals surface area contributed by atoms with Crippen molar-refractivity contribution in [1.29, 1.82) is 0 Å². The van der Waals surface area contributed by atoms with Crippen LogP contribution in [-0.2, 0) is 6.42 Å². The molecule has 0 atom stereocenters. The first kappa shape index (κ1) is 22.4. The van der Waals surface area contributed by atoms with Crippen molar-refractivity contribution < 1.29 is 9.53 Å². The second kappa shape index (κ2) is 8.96. The van der Waals surface area contributed by atoms with Gasteiger partial charge in [-0.1, -0.05) is 37.0 Å². The third kappa shape index (κ3) is 4.97. The Kier molecular flexibility index (Phi) is 6.26. The average Bonchev–Trinajstić information content (AvgIpc) is 2.71. The smallest absolute Gasteiger partial charge is 0.229 e. The summed E-state index contributed by atoms with van der Waals surface area (Å²) in [5.74, 6) is 1.66. The molecule has 0 amide bonds. The van der Waals surface area contributed by atoms with Crippen LogP contribution in [0.1, 0.15) is 43.2 Å². The number of benzene rings is 2. The lowest BCUT2D eigenvalue weighted by atomic mass is 9.75. The minimum atomic E-state index is -0.171. The highest BCUT2D eigenvalue weighted by molar-refractivity contribution is 6.42. The number of hydrogen-bond donors (Lipinski definition) is 2. The summed E-state index contributed by atoms with van der Waals surface area (Å²) < 4.78 is 5.50. The molecule has 0 radical (unpaired) electrons. The summed E-state index contributed by atoms with van der Waals surface area (Å²) in [5, 5.41) is 7.34. The van der Waals surface area contributed by atoms with Gasteiger partial charge in [0.05, 0.1) is 27.9 Å². The van der Waals surface area contributed by atoms with E-state index in [0.29, 0.717) is 52.5 Å². The molecule has 0 bridgehead atoms. The van der Waals surface area contributed by atoms with Crippen LogP contribution < -0.4 is 15.4 Å². The fraction of sp³-hybridized carbons (Fsp3) is 0.292. The van der Waals surface area contributed by atoms with Crippen LogP contribution in [0, 0.1) is 5.41 Å². The van der Waals surface area contributed by atoms with E-state index in [9.17, 15) is 4.79 Å². The van der Waals surface area contributed by atoms with Crippen LogP contribution in [0.2, 0.25) is 10.0 Å². The largest absolute Gasteiger partial charge is 0.494 e. The normalized spacial score (nSPS) is 14.6. The number of fused-ring (bicyclic) bond motifs is 1. The van der Waals surface area contributed by atoms with Crippen molar-refractivity contribution in [2.24, 2.45) is 5.41 Å². The van der Waals surface area contributed by atoms with Crippen molar-refractivity contribution in [1.82, 2.24) is 9.97 Å². The monoisotopic (exact) mass is 470 g/mol. The Morgan fingerprint density at radius 1 is 0.969 bits per heavy atom. The fourth-order valence-electron chi connectivity index (χ4n) is 3.75. The van der Waals surface area contributed by atoms with Crippen molar-refractivity contribution in [3.63, 3.8) is 0 Å². The maximum atomic E-state index is 13.0. The van der Waals surface area contributed by atoms with E-state index >= 15 is 0 Å². The summed E-state index contributed by atoms with van der Waals surface area (Å²) in [5.41, 5.74) is 2.57. The molecule has 6 nitrogen and oxygen atoms in total. The van der Waals surface area contributed by atoms with Gasteiger partial charge in [0.15, 0.2) is 5.78 Å². The molecule has 0 saturated carbocycles. The van der Waals surface area contributed by atoms with Gasteiger partial charge in [0.25, 0.3) is 0 Å². The highest BCUT2D eigenvalue weighted by atomic mass is 35.5. The molecule has 1 aliphatic carbocycles. The summed E-state index contributed by atoms with van der Waals surface area (Å²) in [4.78, 5) is 22.3. The number of nitrogens with zero attached hydrogens (tertiary/aromatic N) is 2. The van der Waals surface area contributed by atoms with Crippen LogP contribution in [0.3, 0.4) is 0 Å². The van der Waals surface area contributed by atoms with E-state index in [1.165, 1.54) is 0 Å². The molecule has 2 aromatic carbocycles. The Balaban J connectivity index is 1.72. The quantitative estimate of drug-likeness (QED) is 0.411. The molecule has 3 aromatic rings. The van der Waals surface area contributed by atoms with Crippen molar-refractivity contribution in [3.8, 4) is 5.75 Å². The van der Waals surface area contributed by atoms with E-state index in [-0.39, 0.29) is 11.2 Å². The van der Waals surface area contributed by atoms with E-state index in [4.69, 9.17) is 27.9 Å². The van der Waals surface area contributed by atoms with Gasteiger partial charge >= 0.3 is 0 Å². The Hall–Kier alpha value is -2.83. The molecule has 0 aliphatic heterocycles. The predicted molar refractivity (Wildman–Crippen MR) is 129 cm³/mol. The number of Topliss-reactive ketones (excluding diaryl/α,β-unsaturated/α-hetero) is 1. The summed E-state index contributed by atoms with van der Waals surface area (Å²) in [6, 6.07) is 12.8. The molecule has 0 saturated heterocycles. The van der Waals surface area contributed by atoms with Crippen LogP contribution in [0.25, 0.3) is 0 Å². The second-order valence-electron chi connectivity index (χ2n) is 8.49. The van der Waals surface area contributed by atoms with Gasteiger partial charge in [-0.2, -0.15) is 4.98 Å². The van der Waals surface area contributed by atoms with Crippen molar-refractivity contribution in [3.05, 3.63) is 63.8 Å². The van der Waals surface area contributed by atoms with Crippen molar-refractivity contribution in [2.75, 3.05) is 17.2 Å². The molecular formula is C24H24Cl2N4O2. The summed E-state index contributed by atoms with van der Waals surface area (Å²) in [7, 11) is 0. The first-order valence-electron chi connectivity index (χ1n) is 10.4. The van der Waals surface area contributed by atoms with Crippen LogP contribution >= 0.6 is 23.2 Å². The van der Waals surface area contributed by atoms with Crippen molar-refractivity contribution in [2.45, 2.75) is 33.6 Å². The van der Waals surface area contributed by atoms with Gasteiger partial charge in [-0.15, -0.1) is 0 Å². The number of ether oxygens (including phenoxy) is 1. The summed E-state index contributed by atoms with van der Waals surface area (Å²) in [6.07, 6.45) is 1.11. The number of carbonyl (C=O) groups excluding carboxylic acids is 1. The SMILES string of the molecule is CCOc1ccc(Nc2nc3c(c(Nc4ccc(Cl)c(Cl)c4)n2)C(=O)CC(C)(C)C3)cc1. The van der Waals surface area contributed by atoms with Crippen LogP contribution in [0.4, 0.5) is 23.1 Å². The Bertz CT molecular complexity index is 1160. The number of aromatic nitrogens is 2. The summed E-state index contributed by atoms with van der Waals surface area (Å²) in [6.45, 7) is 6.69. The zero-order valence-electron chi connectivity index (χ0n) is 18.1. The van der Waals surface area contributed by atoms with Crippen LogP contribution in [-0.4, -0.2) is 22.4 Å². The molecular weight excluding hydrogens is 447 g/mol. The predicted octanol–water partition coefficient (Wildman–Crippen LogP) is 6.82. The molecule has 1 heterocycles. The molecule has 0 unspecified atom stereocenters. The molecule has 0 fully saturated rings. The van der Waals surface area contributed by atoms with Gasteiger partial charge in [0.2, 0.25) is 5.95 Å². The lowest BCUT2D eigenvalue weighted by Crippen LogP contribution is -2.29. The third-order valence-electron chi connectivity index (χ3n) is 5.15. The molecule has 2 N–H and O–H groups in total. The maximum Gasteiger partial charge on any atom is 0.229 e. The third-order valence-corrected chi connectivity index (χ3v) is 5.89. The standard InChI is InChI=1S/C24H24Cl2N4O2/c1-4-32-16-8-5-14(6-9-16)28-23-29-19-12-24(2,3)13-20(31)21(19)22(30-23)27-15-7-10-17(25)18(26)11-15/h5-11H,4,12-13H2,1-3H3,(H2,27,28,29,30). The number of nitrogens with one attached hydrogen (secondary N) is 2. The number of ketones is 1. The van der Waals surface area contributed by atoms with Gasteiger partial charge in [0, 0.05) is 17.8 Å². The van der Waals surface area contributed by atoms with Gasteiger partial charge in [-0.25, -0.2) is 4.98 Å². The average molecular weight is 471 g/mol. The fourth-order valence-corrected chi connectivity index (χ4v) is 4.05. The van der Waals surface area contributed by atoms with Gasteiger partial charge < -0.3 is 15.4 Å². The number of anilines is 4.